The second-order valence-corrected chi connectivity index (χ2v) is 9.59. The fraction of sp³-hybridized carbons (Fsp3) is 0.720. The van der Waals surface area contributed by atoms with Crippen LogP contribution in [0.2, 0.25) is 0 Å². The SMILES string of the molecule is CCNC(=NCC(C)N1CCOCC1C)NC1CC2CCC(C1)N2Cc1ccccc1. The molecule has 0 aliphatic carbocycles. The number of hydrogen-bond donors (Lipinski definition) is 2. The van der Waals surface area contributed by atoms with E-state index in [-0.39, 0.29) is 0 Å². The van der Waals surface area contributed by atoms with Gasteiger partial charge in [-0.1, -0.05) is 30.3 Å². The first-order valence-electron chi connectivity index (χ1n) is 12.3. The molecule has 0 amide bonds. The fourth-order valence-corrected chi connectivity index (χ4v) is 5.68. The Hall–Kier alpha value is -1.63. The summed E-state index contributed by atoms with van der Waals surface area (Å²) in [6.45, 7) is 12.2. The number of benzene rings is 1. The summed E-state index contributed by atoms with van der Waals surface area (Å²) in [7, 11) is 0. The van der Waals surface area contributed by atoms with Crippen molar-refractivity contribution in [2.75, 3.05) is 32.8 Å². The maximum Gasteiger partial charge on any atom is 0.191 e. The van der Waals surface area contributed by atoms with Crippen LogP contribution in [0.3, 0.4) is 0 Å². The van der Waals surface area contributed by atoms with Crippen LogP contribution in [0.25, 0.3) is 0 Å². The van der Waals surface area contributed by atoms with Crippen molar-refractivity contribution in [1.29, 1.82) is 0 Å². The summed E-state index contributed by atoms with van der Waals surface area (Å²) in [5, 5.41) is 7.26. The van der Waals surface area contributed by atoms with Gasteiger partial charge in [0.1, 0.15) is 0 Å². The van der Waals surface area contributed by atoms with E-state index in [9.17, 15) is 0 Å². The average Bonchev–Trinajstić information content (AvgIpc) is 3.01. The highest BCUT2D eigenvalue weighted by Crippen LogP contribution is 2.36. The molecule has 4 atom stereocenters. The van der Waals surface area contributed by atoms with E-state index in [0.29, 0.717) is 30.2 Å². The lowest BCUT2D eigenvalue weighted by Crippen LogP contribution is -2.53. The number of nitrogens with one attached hydrogen (secondary N) is 2. The van der Waals surface area contributed by atoms with Crippen LogP contribution >= 0.6 is 0 Å². The third-order valence-electron chi connectivity index (χ3n) is 7.28. The van der Waals surface area contributed by atoms with Crippen molar-refractivity contribution in [3.63, 3.8) is 0 Å². The van der Waals surface area contributed by atoms with E-state index in [1.807, 2.05) is 0 Å². The predicted molar refractivity (Wildman–Crippen MR) is 127 cm³/mol. The molecule has 0 radical (unpaired) electrons. The Morgan fingerprint density at radius 1 is 1.19 bits per heavy atom. The van der Waals surface area contributed by atoms with E-state index in [4.69, 9.17) is 9.73 Å². The highest BCUT2D eigenvalue weighted by Gasteiger charge is 2.40. The number of rotatable bonds is 7. The molecule has 31 heavy (non-hydrogen) atoms. The zero-order valence-electron chi connectivity index (χ0n) is 19.6. The van der Waals surface area contributed by atoms with Gasteiger partial charge in [-0.2, -0.15) is 0 Å². The Morgan fingerprint density at radius 2 is 1.94 bits per heavy atom. The van der Waals surface area contributed by atoms with Crippen molar-refractivity contribution in [3.05, 3.63) is 35.9 Å². The normalized spacial score (nSPS) is 30.9. The molecule has 1 aromatic carbocycles. The lowest BCUT2D eigenvalue weighted by molar-refractivity contribution is -0.0166. The molecule has 4 rings (SSSR count). The molecule has 2 N–H and O–H groups in total. The Morgan fingerprint density at radius 3 is 2.61 bits per heavy atom. The number of fused-ring (bicyclic) bond motifs is 2. The minimum absolute atomic E-state index is 0.429. The summed E-state index contributed by atoms with van der Waals surface area (Å²) < 4.78 is 5.59. The molecule has 4 unspecified atom stereocenters. The van der Waals surface area contributed by atoms with Gasteiger partial charge >= 0.3 is 0 Å². The second kappa shape index (κ2) is 10.8. The number of ether oxygens (including phenoxy) is 1. The van der Waals surface area contributed by atoms with Gasteiger partial charge in [0.25, 0.3) is 0 Å². The summed E-state index contributed by atoms with van der Waals surface area (Å²) in [5.74, 6) is 0.983. The van der Waals surface area contributed by atoms with Gasteiger partial charge in [0, 0.05) is 49.8 Å². The molecule has 3 aliphatic rings. The molecular formula is C25H41N5O. The molecule has 6 heteroatoms. The summed E-state index contributed by atoms with van der Waals surface area (Å²) in [4.78, 5) is 10.2. The molecule has 3 saturated heterocycles. The first-order chi connectivity index (χ1) is 15.1. The number of guanidine groups is 1. The van der Waals surface area contributed by atoms with Crippen LogP contribution in [-0.4, -0.2) is 78.8 Å². The highest BCUT2D eigenvalue weighted by atomic mass is 16.5. The molecule has 3 aliphatic heterocycles. The summed E-state index contributed by atoms with van der Waals surface area (Å²) in [6, 6.07) is 13.7. The number of hydrogen-bond acceptors (Lipinski definition) is 4. The second-order valence-electron chi connectivity index (χ2n) is 9.59. The van der Waals surface area contributed by atoms with Crippen molar-refractivity contribution >= 4 is 5.96 Å². The van der Waals surface area contributed by atoms with Crippen molar-refractivity contribution in [3.8, 4) is 0 Å². The quantitative estimate of drug-likeness (QED) is 0.518. The Balaban J connectivity index is 1.32. The van der Waals surface area contributed by atoms with E-state index >= 15 is 0 Å². The zero-order valence-corrected chi connectivity index (χ0v) is 19.6. The van der Waals surface area contributed by atoms with Gasteiger partial charge in [-0.15, -0.1) is 0 Å². The van der Waals surface area contributed by atoms with Gasteiger partial charge < -0.3 is 15.4 Å². The van der Waals surface area contributed by atoms with E-state index in [2.05, 4.69) is 71.5 Å². The third-order valence-corrected chi connectivity index (χ3v) is 7.28. The molecule has 2 bridgehead atoms. The predicted octanol–water partition coefficient (Wildman–Crippen LogP) is 2.85. The molecule has 0 aromatic heterocycles. The third kappa shape index (κ3) is 5.79. The number of nitrogens with zero attached hydrogens (tertiary/aromatic N) is 3. The van der Waals surface area contributed by atoms with Crippen molar-refractivity contribution in [2.45, 2.75) is 83.2 Å². The van der Waals surface area contributed by atoms with E-state index in [1.54, 1.807) is 0 Å². The van der Waals surface area contributed by atoms with Crippen LogP contribution < -0.4 is 10.6 Å². The van der Waals surface area contributed by atoms with Gasteiger partial charge in [-0.3, -0.25) is 14.8 Å². The first kappa shape index (κ1) is 22.6. The van der Waals surface area contributed by atoms with Crippen LogP contribution in [0.15, 0.2) is 35.3 Å². The Kier molecular flexibility index (Phi) is 7.86. The molecule has 3 heterocycles. The van der Waals surface area contributed by atoms with Crippen molar-refractivity contribution in [1.82, 2.24) is 20.4 Å². The maximum atomic E-state index is 5.59. The van der Waals surface area contributed by atoms with Gasteiger partial charge in [-0.05, 0) is 52.0 Å². The van der Waals surface area contributed by atoms with Crippen LogP contribution in [0.5, 0.6) is 0 Å². The van der Waals surface area contributed by atoms with Crippen LogP contribution in [0, 0.1) is 0 Å². The Labute approximate surface area is 188 Å². The summed E-state index contributed by atoms with van der Waals surface area (Å²) in [6.07, 6.45) is 5.08. The molecule has 0 spiro atoms. The van der Waals surface area contributed by atoms with Crippen molar-refractivity contribution < 1.29 is 4.74 Å². The van der Waals surface area contributed by atoms with Gasteiger partial charge in [-0.25, -0.2) is 0 Å². The maximum absolute atomic E-state index is 5.59. The van der Waals surface area contributed by atoms with Gasteiger partial charge in [0.15, 0.2) is 5.96 Å². The molecular weight excluding hydrogens is 386 g/mol. The Bertz CT molecular complexity index is 697. The number of piperidine rings is 1. The minimum Gasteiger partial charge on any atom is -0.379 e. The van der Waals surface area contributed by atoms with Gasteiger partial charge in [0.2, 0.25) is 0 Å². The fourth-order valence-electron chi connectivity index (χ4n) is 5.68. The van der Waals surface area contributed by atoms with Crippen LogP contribution in [0.1, 0.15) is 52.0 Å². The lowest BCUT2D eigenvalue weighted by atomic mass is 9.96. The van der Waals surface area contributed by atoms with E-state index < -0.39 is 0 Å². The smallest absolute Gasteiger partial charge is 0.191 e. The monoisotopic (exact) mass is 427 g/mol. The molecule has 172 valence electrons. The summed E-state index contributed by atoms with van der Waals surface area (Å²) in [5.41, 5.74) is 1.44. The van der Waals surface area contributed by atoms with E-state index in [0.717, 1.165) is 45.4 Å². The average molecular weight is 428 g/mol. The van der Waals surface area contributed by atoms with Gasteiger partial charge in [0.05, 0.1) is 19.8 Å². The standard InChI is InChI=1S/C25H41N5O/c1-4-26-25(27-16-19(2)29-12-13-31-18-20(29)3)28-22-14-23-10-11-24(15-22)30(23)17-21-8-6-5-7-9-21/h5-9,19-20,22-24H,4,10-18H2,1-3H3,(H2,26,27,28). The van der Waals surface area contributed by atoms with Crippen LogP contribution in [-0.2, 0) is 11.3 Å². The first-order valence-corrected chi connectivity index (χ1v) is 12.3. The van der Waals surface area contributed by atoms with Crippen molar-refractivity contribution in [2.24, 2.45) is 4.99 Å². The number of morpholine rings is 1. The highest BCUT2D eigenvalue weighted by molar-refractivity contribution is 5.80. The molecule has 1 aromatic rings. The van der Waals surface area contributed by atoms with Crippen LogP contribution in [0.4, 0.5) is 0 Å². The number of aliphatic imine (C=N–C) groups is 1. The summed E-state index contributed by atoms with van der Waals surface area (Å²) >= 11 is 0. The molecule has 6 nitrogen and oxygen atoms in total. The molecule has 0 saturated carbocycles. The minimum atomic E-state index is 0.429. The lowest BCUT2D eigenvalue weighted by Gasteiger charge is -2.40. The van der Waals surface area contributed by atoms with E-state index in [1.165, 1.54) is 31.2 Å². The zero-order chi connectivity index (χ0) is 21.6. The topological polar surface area (TPSA) is 52.1 Å². The largest absolute Gasteiger partial charge is 0.379 e. The molecule has 3 fully saturated rings.